The zero-order valence-electron chi connectivity index (χ0n) is 13.1. The van der Waals surface area contributed by atoms with Gasteiger partial charge in [0.05, 0.1) is 12.0 Å². The molecule has 6 bridgehead atoms. The van der Waals surface area contributed by atoms with E-state index in [1.807, 2.05) is 36.4 Å². The lowest BCUT2D eigenvalue weighted by Crippen LogP contribution is -1.98. The van der Waals surface area contributed by atoms with Crippen LogP contribution >= 0.6 is 0 Å². The molecule has 2 heterocycles. The van der Waals surface area contributed by atoms with Gasteiger partial charge in [-0.15, -0.1) is 0 Å². The molecular formula is C20H17N3O. The van der Waals surface area contributed by atoms with Crippen molar-refractivity contribution in [3.05, 3.63) is 84.3 Å². The second kappa shape index (κ2) is 6.54. The maximum atomic E-state index is 5.65. The van der Waals surface area contributed by atoms with Crippen LogP contribution in [0.1, 0.15) is 11.1 Å². The molecular weight excluding hydrogens is 298 g/mol. The van der Waals surface area contributed by atoms with E-state index in [0.29, 0.717) is 12.6 Å². The first-order chi connectivity index (χ1) is 11.9. The highest BCUT2D eigenvalue weighted by molar-refractivity contribution is 5.63. The number of aromatic nitrogens is 2. The van der Waals surface area contributed by atoms with Gasteiger partial charge in [-0.25, -0.2) is 9.97 Å². The molecule has 0 fully saturated rings. The van der Waals surface area contributed by atoms with Crippen molar-refractivity contribution in [2.75, 3.05) is 5.32 Å². The van der Waals surface area contributed by atoms with Crippen LogP contribution in [0.2, 0.25) is 0 Å². The van der Waals surface area contributed by atoms with E-state index in [-0.39, 0.29) is 0 Å². The van der Waals surface area contributed by atoms with Crippen LogP contribution in [0.25, 0.3) is 11.3 Å². The average molecular weight is 315 g/mol. The van der Waals surface area contributed by atoms with Crippen LogP contribution in [0.4, 0.5) is 11.6 Å². The topological polar surface area (TPSA) is 47.0 Å². The minimum Gasteiger partial charge on any atom is -0.497 e. The fourth-order valence-electron chi connectivity index (χ4n) is 2.70. The Kier molecular flexibility index (Phi) is 3.94. The average Bonchev–Trinajstić information content (AvgIpc) is 2.62. The first kappa shape index (κ1) is 14.5. The number of fused-ring (bicyclic) bond motifs is 7. The predicted molar refractivity (Wildman–Crippen MR) is 94.8 cm³/mol. The van der Waals surface area contributed by atoms with Crippen LogP contribution in [0.15, 0.2) is 73.1 Å². The largest absolute Gasteiger partial charge is 0.497 e. The zero-order valence-corrected chi connectivity index (χ0v) is 13.1. The molecule has 0 spiro atoms. The highest BCUT2D eigenvalue weighted by atomic mass is 16.5. The number of hydrogen-bond donors (Lipinski definition) is 1. The zero-order chi connectivity index (χ0) is 16.2. The van der Waals surface area contributed by atoms with E-state index in [1.165, 1.54) is 5.56 Å². The van der Waals surface area contributed by atoms with E-state index in [2.05, 4.69) is 39.6 Å². The summed E-state index contributed by atoms with van der Waals surface area (Å²) in [5.41, 5.74) is 5.22. The molecule has 0 aliphatic carbocycles. The Morgan fingerprint density at radius 1 is 0.958 bits per heavy atom. The summed E-state index contributed by atoms with van der Waals surface area (Å²) in [6, 6.07) is 18.4. The van der Waals surface area contributed by atoms with Crippen LogP contribution in [0, 0.1) is 0 Å². The third kappa shape index (κ3) is 3.27. The second-order valence-corrected chi connectivity index (χ2v) is 5.68. The lowest BCUT2D eigenvalue weighted by molar-refractivity contribution is 0.235. The van der Waals surface area contributed by atoms with E-state index >= 15 is 0 Å². The predicted octanol–water partition coefficient (Wildman–Crippen LogP) is 4.47. The smallest absolute Gasteiger partial charge is 0.227 e. The van der Waals surface area contributed by atoms with Gasteiger partial charge in [-0.05, 0) is 47.9 Å². The van der Waals surface area contributed by atoms with Crippen molar-refractivity contribution in [2.24, 2.45) is 0 Å². The van der Waals surface area contributed by atoms with Gasteiger partial charge >= 0.3 is 0 Å². The van der Waals surface area contributed by atoms with Gasteiger partial charge in [0.25, 0.3) is 0 Å². The monoisotopic (exact) mass is 315 g/mol. The first-order valence-electron chi connectivity index (χ1n) is 7.92. The van der Waals surface area contributed by atoms with Crippen molar-refractivity contribution >= 4 is 11.6 Å². The summed E-state index contributed by atoms with van der Waals surface area (Å²) in [6.07, 6.45) is 6.39. The first-order valence-corrected chi connectivity index (χ1v) is 7.92. The van der Waals surface area contributed by atoms with Crippen molar-refractivity contribution in [1.29, 1.82) is 0 Å². The van der Waals surface area contributed by atoms with E-state index in [9.17, 15) is 0 Å². The van der Waals surface area contributed by atoms with E-state index in [0.717, 1.165) is 28.9 Å². The summed E-state index contributed by atoms with van der Waals surface area (Å²) in [7, 11) is 0. The number of nitrogens with zero attached hydrogens (tertiary/aromatic N) is 2. The highest BCUT2D eigenvalue weighted by Gasteiger charge is 2.05. The molecule has 0 saturated heterocycles. The molecule has 0 unspecified atom stereocenters. The Bertz CT molecular complexity index is 889. The number of benzene rings is 2. The molecule has 4 nitrogen and oxygen atoms in total. The molecule has 0 saturated carbocycles. The normalized spacial score (nSPS) is 13.2. The number of anilines is 2. The molecule has 2 aromatic carbocycles. The maximum Gasteiger partial charge on any atom is 0.227 e. The summed E-state index contributed by atoms with van der Waals surface area (Å²) < 4.78 is 5.65. The molecule has 3 aromatic rings. The summed E-state index contributed by atoms with van der Waals surface area (Å²) in [5, 5.41) is 3.28. The van der Waals surface area contributed by atoms with Gasteiger partial charge in [0, 0.05) is 17.4 Å². The molecule has 0 atom stereocenters. The van der Waals surface area contributed by atoms with E-state index in [4.69, 9.17) is 4.74 Å². The van der Waals surface area contributed by atoms with Crippen LogP contribution in [-0.4, -0.2) is 9.97 Å². The standard InChI is InChI=1S/C20H17N3O/c1-5-16-12-17(7-1)19-9-10-21-20(23-19)22-18-8-2-4-15(13-18)6-3-11-24-14-16/h1-5,7-13H,6,14H2,(H,21,22,23). The Balaban J connectivity index is 1.77. The number of nitrogens with one attached hydrogen (secondary N) is 1. The molecule has 0 radical (unpaired) electrons. The fraction of sp³-hybridized carbons (Fsp3) is 0.100. The molecule has 24 heavy (non-hydrogen) atoms. The maximum absolute atomic E-state index is 5.65. The number of allylic oxidation sites excluding steroid dienone is 1. The Morgan fingerprint density at radius 3 is 2.88 bits per heavy atom. The van der Waals surface area contributed by atoms with E-state index in [1.54, 1.807) is 12.5 Å². The van der Waals surface area contributed by atoms with Crippen LogP contribution < -0.4 is 5.32 Å². The fourth-order valence-corrected chi connectivity index (χ4v) is 2.70. The van der Waals surface area contributed by atoms with Crippen molar-refractivity contribution in [1.82, 2.24) is 9.97 Å². The van der Waals surface area contributed by atoms with Crippen LogP contribution in [0.3, 0.4) is 0 Å². The van der Waals surface area contributed by atoms with Gasteiger partial charge in [0.15, 0.2) is 0 Å². The SMILES string of the molecule is C1=COCc2cccc(c2)-c2ccnc(n2)Nc2cccc(c2)C1. The number of ether oxygens (including phenoxy) is 1. The third-order valence-corrected chi connectivity index (χ3v) is 3.86. The third-order valence-electron chi connectivity index (χ3n) is 3.86. The molecule has 0 amide bonds. The summed E-state index contributed by atoms with van der Waals surface area (Å²) in [6.45, 7) is 0.542. The molecule has 118 valence electrons. The Morgan fingerprint density at radius 2 is 1.88 bits per heavy atom. The molecule has 1 aliphatic rings. The molecule has 4 heteroatoms. The number of hydrogen-bond acceptors (Lipinski definition) is 4. The van der Waals surface area contributed by atoms with Crippen LogP contribution in [-0.2, 0) is 17.8 Å². The van der Waals surface area contributed by atoms with Crippen molar-refractivity contribution in [2.45, 2.75) is 13.0 Å². The molecule has 1 aromatic heterocycles. The van der Waals surface area contributed by atoms with Crippen molar-refractivity contribution in [3.63, 3.8) is 0 Å². The molecule has 4 rings (SSSR count). The van der Waals surface area contributed by atoms with Crippen molar-refractivity contribution in [3.8, 4) is 11.3 Å². The minimum atomic E-state index is 0.542. The quantitative estimate of drug-likeness (QED) is 0.665. The highest BCUT2D eigenvalue weighted by Crippen LogP contribution is 2.22. The second-order valence-electron chi connectivity index (χ2n) is 5.68. The summed E-state index contributed by atoms with van der Waals surface area (Å²) >= 11 is 0. The lowest BCUT2D eigenvalue weighted by atomic mass is 10.1. The van der Waals surface area contributed by atoms with Gasteiger partial charge in [-0.3, -0.25) is 0 Å². The summed E-state index contributed by atoms with van der Waals surface area (Å²) in [4.78, 5) is 8.96. The molecule has 1 aliphatic heterocycles. The van der Waals surface area contributed by atoms with Gasteiger partial charge in [-0.1, -0.05) is 30.3 Å². The Labute approximate surface area is 140 Å². The van der Waals surface area contributed by atoms with Crippen molar-refractivity contribution < 1.29 is 4.74 Å². The number of rotatable bonds is 0. The lowest BCUT2D eigenvalue weighted by Gasteiger charge is -2.08. The minimum absolute atomic E-state index is 0.542. The van der Waals surface area contributed by atoms with Gasteiger partial charge in [0.1, 0.15) is 6.61 Å². The van der Waals surface area contributed by atoms with Gasteiger partial charge in [-0.2, -0.15) is 0 Å². The Hall–Kier alpha value is -3.14. The van der Waals surface area contributed by atoms with Crippen LogP contribution in [0.5, 0.6) is 0 Å². The summed E-state index contributed by atoms with van der Waals surface area (Å²) in [5.74, 6) is 0.594. The molecule has 1 N–H and O–H groups in total. The van der Waals surface area contributed by atoms with Gasteiger partial charge < -0.3 is 10.1 Å². The van der Waals surface area contributed by atoms with E-state index < -0.39 is 0 Å². The van der Waals surface area contributed by atoms with Gasteiger partial charge in [0.2, 0.25) is 5.95 Å².